The molecule has 6 nitrogen and oxygen atoms in total. The average molecular weight is 419 g/mol. The van der Waals surface area contributed by atoms with Crippen LogP contribution in [0.5, 0.6) is 0 Å². The van der Waals surface area contributed by atoms with Crippen molar-refractivity contribution in [2.24, 2.45) is 0 Å². The molecular weight excluding hydrogens is 407 g/mol. The lowest BCUT2D eigenvalue weighted by atomic mass is 10.1. The molecule has 0 bridgehead atoms. The van der Waals surface area contributed by atoms with Crippen LogP contribution in [0.25, 0.3) is 10.9 Å². The van der Waals surface area contributed by atoms with Gasteiger partial charge in [0.1, 0.15) is 5.82 Å². The molecule has 2 aromatic carbocycles. The number of aromatic nitrogens is 1. The number of aromatic amines is 1. The van der Waals surface area contributed by atoms with Gasteiger partial charge in [-0.1, -0.05) is 34.1 Å². The predicted octanol–water partition coefficient (Wildman–Crippen LogP) is 3.23. The molecule has 1 aromatic heterocycles. The number of hydrogen-bond donors (Lipinski definition) is 2. The second kappa shape index (κ2) is 7.49. The molecule has 26 heavy (non-hydrogen) atoms. The summed E-state index contributed by atoms with van der Waals surface area (Å²) < 4.78 is 19.2. The van der Waals surface area contributed by atoms with Gasteiger partial charge in [0.2, 0.25) is 5.56 Å². The van der Waals surface area contributed by atoms with E-state index in [-0.39, 0.29) is 11.3 Å². The molecular formula is C18H12BrFN2O4. The number of amides is 1. The largest absolute Gasteiger partial charge is 0.452 e. The summed E-state index contributed by atoms with van der Waals surface area (Å²) >= 11 is 3.11. The number of carbonyl (C=O) groups is 2. The van der Waals surface area contributed by atoms with Crippen molar-refractivity contribution in [1.29, 1.82) is 0 Å². The second-order valence-corrected chi connectivity index (χ2v) is 6.26. The summed E-state index contributed by atoms with van der Waals surface area (Å²) in [6, 6.07) is 12.0. The number of fused-ring (bicyclic) bond motifs is 1. The van der Waals surface area contributed by atoms with E-state index in [1.807, 2.05) is 0 Å². The summed E-state index contributed by atoms with van der Waals surface area (Å²) in [6.07, 6.45) is 0. The number of H-pyrrole nitrogens is 1. The van der Waals surface area contributed by atoms with E-state index in [4.69, 9.17) is 4.74 Å². The summed E-state index contributed by atoms with van der Waals surface area (Å²) in [7, 11) is 0. The maximum Gasteiger partial charge on any atom is 0.339 e. The minimum Gasteiger partial charge on any atom is -0.452 e. The zero-order chi connectivity index (χ0) is 18.7. The fourth-order valence-electron chi connectivity index (χ4n) is 2.36. The molecule has 1 heterocycles. The Kier molecular flexibility index (Phi) is 5.13. The number of anilines is 1. The Labute approximate surface area is 155 Å². The molecule has 8 heteroatoms. The molecule has 3 aromatic rings. The van der Waals surface area contributed by atoms with Crippen LogP contribution >= 0.6 is 15.9 Å². The van der Waals surface area contributed by atoms with Gasteiger partial charge in [0.25, 0.3) is 5.91 Å². The van der Waals surface area contributed by atoms with Crippen molar-refractivity contribution in [2.75, 3.05) is 11.9 Å². The average Bonchev–Trinajstić information content (AvgIpc) is 2.61. The van der Waals surface area contributed by atoms with Crippen LogP contribution < -0.4 is 10.9 Å². The van der Waals surface area contributed by atoms with Crippen molar-refractivity contribution in [3.05, 3.63) is 74.7 Å². The van der Waals surface area contributed by atoms with Gasteiger partial charge in [-0.05, 0) is 24.3 Å². The minimum atomic E-state index is -0.821. The molecule has 0 radical (unpaired) electrons. The van der Waals surface area contributed by atoms with Gasteiger partial charge in [-0.25, -0.2) is 9.18 Å². The van der Waals surface area contributed by atoms with E-state index < -0.39 is 29.9 Å². The fraction of sp³-hybridized carbons (Fsp3) is 0.0556. The lowest BCUT2D eigenvalue weighted by molar-refractivity contribution is -0.119. The van der Waals surface area contributed by atoms with Crippen LogP contribution in [0.2, 0.25) is 0 Å². The third-order valence-corrected chi connectivity index (χ3v) is 4.00. The summed E-state index contributed by atoms with van der Waals surface area (Å²) in [4.78, 5) is 38.4. The molecule has 0 atom stereocenters. The molecule has 3 rings (SSSR count). The Bertz CT molecular complexity index is 1060. The van der Waals surface area contributed by atoms with Gasteiger partial charge in [0.05, 0.1) is 11.3 Å². The predicted molar refractivity (Wildman–Crippen MR) is 97.6 cm³/mol. The Balaban J connectivity index is 1.71. The fourth-order valence-corrected chi connectivity index (χ4v) is 2.69. The van der Waals surface area contributed by atoms with Crippen LogP contribution in [0.1, 0.15) is 10.4 Å². The number of ether oxygens (including phenoxy) is 1. The molecule has 0 aliphatic rings. The number of hydrogen-bond acceptors (Lipinski definition) is 4. The second-order valence-electron chi connectivity index (χ2n) is 5.34. The maximum atomic E-state index is 13.7. The van der Waals surface area contributed by atoms with Gasteiger partial charge >= 0.3 is 5.97 Å². The van der Waals surface area contributed by atoms with E-state index in [1.54, 1.807) is 30.3 Å². The first-order valence-corrected chi connectivity index (χ1v) is 8.27. The van der Waals surface area contributed by atoms with E-state index >= 15 is 0 Å². The molecule has 0 saturated carbocycles. The van der Waals surface area contributed by atoms with Crippen LogP contribution in [0.4, 0.5) is 10.1 Å². The van der Waals surface area contributed by atoms with E-state index in [1.165, 1.54) is 12.1 Å². The Morgan fingerprint density at radius 2 is 1.92 bits per heavy atom. The van der Waals surface area contributed by atoms with Gasteiger partial charge in [-0.15, -0.1) is 0 Å². The topological polar surface area (TPSA) is 88.3 Å². The number of esters is 1. The molecule has 0 saturated heterocycles. The minimum absolute atomic E-state index is 0.0316. The first-order valence-electron chi connectivity index (χ1n) is 7.48. The summed E-state index contributed by atoms with van der Waals surface area (Å²) in [6.45, 7) is -0.616. The standard InChI is InChI=1S/C18H12BrFN2O4/c19-10-5-6-15(13(20)7-10)22-17(24)9-26-18(25)12-8-16(23)21-14-4-2-1-3-11(12)14/h1-8H,9H2,(H,21,23)(H,22,24). The number of rotatable bonds is 4. The van der Waals surface area contributed by atoms with Gasteiger partial charge in [0, 0.05) is 21.4 Å². The molecule has 0 spiro atoms. The van der Waals surface area contributed by atoms with Crippen LogP contribution in [0, 0.1) is 5.82 Å². The van der Waals surface area contributed by atoms with Gasteiger partial charge in [0.15, 0.2) is 6.61 Å². The number of carbonyl (C=O) groups excluding carboxylic acids is 2. The van der Waals surface area contributed by atoms with Crippen molar-refractivity contribution in [3.63, 3.8) is 0 Å². The third-order valence-electron chi connectivity index (χ3n) is 3.51. The van der Waals surface area contributed by atoms with Crippen LogP contribution in [0.3, 0.4) is 0 Å². The Morgan fingerprint density at radius 3 is 2.69 bits per heavy atom. The molecule has 0 aliphatic carbocycles. The zero-order valence-electron chi connectivity index (χ0n) is 13.2. The maximum absolute atomic E-state index is 13.7. The molecule has 0 unspecified atom stereocenters. The van der Waals surface area contributed by atoms with Gasteiger partial charge in [-0.3, -0.25) is 9.59 Å². The summed E-state index contributed by atoms with van der Waals surface area (Å²) in [5.41, 5.74) is 0.0354. The number of pyridine rings is 1. The smallest absolute Gasteiger partial charge is 0.339 e. The first-order chi connectivity index (χ1) is 12.4. The van der Waals surface area contributed by atoms with Crippen molar-refractivity contribution < 1.29 is 18.7 Å². The monoisotopic (exact) mass is 418 g/mol. The van der Waals surface area contributed by atoms with Crippen molar-refractivity contribution in [3.8, 4) is 0 Å². The normalized spacial score (nSPS) is 10.5. The van der Waals surface area contributed by atoms with Gasteiger partial charge in [-0.2, -0.15) is 0 Å². The van der Waals surface area contributed by atoms with E-state index in [0.29, 0.717) is 15.4 Å². The van der Waals surface area contributed by atoms with Crippen molar-refractivity contribution in [1.82, 2.24) is 4.98 Å². The molecule has 0 fully saturated rings. The van der Waals surface area contributed by atoms with Crippen molar-refractivity contribution >= 4 is 44.4 Å². The summed E-state index contributed by atoms with van der Waals surface area (Å²) in [5.74, 6) is -2.15. The SMILES string of the molecule is O=C(COC(=O)c1cc(=O)[nH]c2ccccc12)Nc1ccc(Br)cc1F. The zero-order valence-corrected chi connectivity index (χ0v) is 14.8. The Hall–Kier alpha value is -3.00. The van der Waals surface area contributed by atoms with Gasteiger partial charge < -0.3 is 15.0 Å². The molecule has 2 N–H and O–H groups in total. The highest BCUT2D eigenvalue weighted by Gasteiger charge is 2.15. The van der Waals surface area contributed by atoms with Crippen molar-refractivity contribution in [2.45, 2.75) is 0 Å². The molecule has 1 amide bonds. The summed E-state index contributed by atoms with van der Waals surface area (Å²) in [5, 5.41) is 2.81. The van der Waals surface area contributed by atoms with E-state index in [0.717, 1.165) is 6.07 Å². The highest BCUT2D eigenvalue weighted by Crippen LogP contribution is 2.19. The van der Waals surface area contributed by atoms with E-state index in [2.05, 4.69) is 26.2 Å². The Morgan fingerprint density at radius 1 is 1.15 bits per heavy atom. The molecule has 0 aliphatic heterocycles. The highest BCUT2D eigenvalue weighted by molar-refractivity contribution is 9.10. The quantitative estimate of drug-likeness (QED) is 0.636. The number of benzene rings is 2. The van der Waals surface area contributed by atoms with Crippen LogP contribution in [-0.4, -0.2) is 23.5 Å². The van der Waals surface area contributed by atoms with Crippen LogP contribution in [0.15, 0.2) is 57.8 Å². The number of halogens is 2. The lowest BCUT2D eigenvalue weighted by Gasteiger charge is -2.09. The van der Waals surface area contributed by atoms with E-state index in [9.17, 15) is 18.8 Å². The molecule has 132 valence electrons. The number of nitrogens with one attached hydrogen (secondary N) is 2. The lowest BCUT2D eigenvalue weighted by Crippen LogP contribution is -2.22. The highest BCUT2D eigenvalue weighted by atomic mass is 79.9. The first kappa shape index (κ1) is 17.8. The number of para-hydroxylation sites is 1. The third kappa shape index (κ3) is 3.97. The van der Waals surface area contributed by atoms with Crippen LogP contribution in [-0.2, 0) is 9.53 Å².